The summed E-state index contributed by atoms with van der Waals surface area (Å²) in [4.78, 5) is 18.7. The Balaban J connectivity index is 1.39. The second-order valence-electron chi connectivity index (χ2n) is 7.86. The average molecular weight is 382 g/mol. The summed E-state index contributed by atoms with van der Waals surface area (Å²) in [5.41, 5.74) is 1.38. The van der Waals surface area contributed by atoms with E-state index in [1.165, 1.54) is 5.56 Å². The highest BCUT2D eigenvalue weighted by molar-refractivity contribution is 5.86. The number of nitrogens with zero attached hydrogens (tertiary/aromatic N) is 3. The summed E-state index contributed by atoms with van der Waals surface area (Å²) in [5.74, 6) is 1.40. The summed E-state index contributed by atoms with van der Waals surface area (Å²) in [6.45, 7) is 1.89. The van der Waals surface area contributed by atoms with Gasteiger partial charge in [0, 0.05) is 26.2 Å². The Morgan fingerprint density at radius 3 is 2.64 bits per heavy atom. The first-order valence-corrected chi connectivity index (χ1v) is 10.4. The smallest absolute Gasteiger partial charge is 0.241 e. The van der Waals surface area contributed by atoms with Gasteiger partial charge in [-0.1, -0.05) is 30.3 Å². The Hall–Kier alpha value is -2.55. The fourth-order valence-corrected chi connectivity index (χ4v) is 4.26. The van der Waals surface area contributed by atoms with Crippen LogP contribution in [0.1, 0.15) is 37.7 Å². The van der Waals surface area contributed by atoms with E-state index < -0.39 is 0 Å². The molecule has 28 heavy (non-hydrogen) atoms. The van der Waals surface area contributed by atoms with E-state index in [2.05, 4.69) is 46.0 Å². The molecule has 1 saturated carbocycles. The third-order valence-electron chi connectivity index (χ3n) is 5.97. The van der Waals surface area contributed by atoms with E-state index in [0.717, 1.165) is 51.6 Å². The van der Waals surface area contributed by atoms with Gasteiger partial charge in [0.1, 0.15) is 0 Å². The number of hydrogen-bond acceptors (Lipinski definition) is 3. The van der Waals surface area contributed by atoms with Crippen molar-refractivity contribution in [2.24, 2.45) is 16.8 Å². The Labute approximate surface area is 168 Å². The number of carbonyl (C=O) groups excluding carboxylic acids is 1. The van der Waals surface area contributed by atoms with Crippen LogP contribution in [-0.2, 0) is 11.2 Å². The maximum absolute atomic E-state index is 12.6. The highest BCUT2D eigenvalue weighted by atomic mass is 16.2. The van der Waals surface area contributed by atoms with Gasteiger partial charge in [-0.25, -0.2) is 0 Å². The highest BCUT2D eigenvalue weighted by Gasteiger charge is 2.28. The first-order chi connectivity index (χ1) is 13.7. The van der Waals surface area contributed by atoms with Crippen molar-refractivity contribution in [2.45, 2.75) is 44.6 Å². The van der Waals surface area contributed by atoms with E-state index in [0.29, 0.717) is 11.9 Å². The van der Waals surface area contributed by atoms with Crippen molar-refractivity contribution in [1.82, 2.24) is 15.5 Å². The normalized spacial score (nSPS) is 23.3. The molecule has 1 aromatic rings. The Bertz CT molecular complexity index is 703. The summed E-state index contributed by atoms with van der Waals surface area (Å²) in [6, 6.07) is 13.1. The zero-order valence-electron chi connectivity index (χ0n) is 16.7. The van der Waals surface area contributed by atoms with Gasteiger partial charge < -0.3 is 15.5 Å². The molecule has 2 fully saturated rings. The van der Waals surface area contributed by atoms with Crippen molar-refractivity contribution >= 4 is 11.9 Å². The Kier molecular flexibility index (Phi) is 7.30. The topological polar surface area (TPSA) is 80.5 Å². The fraction of sp³-hybridized carbons (Fsp3) is 0.591. The number of amides is 1. The average Bonchev–Trinajstić information content (AvgIpc) is 3.19. The van der Waals surface area contributed by atoms with Gasteiger partial charge in [0.25, 0.3) is 0 Å². The fourth-order valence-electron chi connectivity index (χ4n) is 4.26. The van der Waals surface area contributed by atoms with Gasteiger partial charge in [-0.2, -0.15) is 5.26 Å². The van der Waals surface area contributed by atoms with Crippen molar-refractivity contribution in [2.75, 3.05) is 26.7 Å². The van der Waals surface area contributed by atoms with Crippen LogP contribution in [0.3, 0.4) is 0 Å². The van der Waals surface area contributed by atoms with Gasteiger partial charge in [0.05, 0.1) is 18.5 Å². The minimum atomic E-state index is 0.0258. The SMILES string of the molecule is CN=C(NCC(=O)N1CCC(Cc2ccccc2)CC1)NC1CCCC1C#N. The molecule has 2 aliphatic rings. The number of aliphatic imine (C=N–C) groups is 1. The predicted molar refractivity (Wildman–Crippen MR) is 111 cm³/mol. The molecule has 1 amide bonds. The van der Waals surface area contributed by atoms with E-state index in [1.807, 2.05) is 11.0 Å². The van der Waals surface area contributed by atoms with Crippen LogP contribution in [0.4, 0.5) is 0 Å². The second kappa shape index (κ2) is 10.1. The number of guanidine groups is 1. The minimum Gasteiger partial charge on any atom is -0.352 e. The molecule has 2 unspecified atom stereocenters. The van der Waals surface area contributed by atoms with Crippen molar-refractivity contribution < 1.29 is 4.79 Å². The molecule has 2 atom stereocenters. The lowest BCUT2D eigenvalue weighted by atomic mass is 9.90. The molecule has 1 aromatic carbocycles. The first kappa shape index (κ1) is 20.2. The zero-order valence-corrected chi connectivity index (χ0v) is 16.7. The van der Waals surface area contributed by atoms with Crippen LogP contribution in [0.15, 0.2) is 35.3 Å². The molecule has 3 rings (SSSR count). The number of hydrogen-bond donors (Lipinski definition) is 2. The summed E-state index contributed by atoms with van der Waals surface area (Å²) in [6.07, 6.45) is 6.17. The summed E-state index contributed by atoms with van der Waals surface area (Å²) < 4.78 is 0. The third kappa shape index (κ3) is 5.48. The van der Waals surface area contributed by atoms with Crippen molar-refractivity contribution in [3.8, 4) is 6.07 Å². The molecule has 6 nitrogen and oxygen atoms in total. The van der Waals surface area contributed by atoms with Crippen LogP contribution in [0.5, 0.6) is 0 Å². The number of likely N-dealkylation sites (tertiary alicyclic amines) is 1. The number of nitriles is 1. The predicted octanol–water partition coefficient (Wildman–Crippen LogP) is 2.32. The maximum atomic E-state index is 12.6. The van der Waals surface area contributed by atoms with Crippen LogP contribution in [-0.4, -0.2) is 49.5 Å². The van der Waals surface area contributed by atoms with E-state index >= 15 is 0 Å². The number of carbonyl (C=O) groups is 1. The minimum absolute atomic E-state index is 0.0258. The molecule has 0 spiro atoms. The van der Waals surface area contributed by atoms with E-state index in [-0.39, 0.29) is 24.4 Å². The van der Waals surface area contributed by atoms with E-state index in [4.69, 9.17) is 0 Å². The monoisotopic (exact) mass is 381 g/mol. The van der Waals surface area contributed by atoms with Crippen LogP contribution in [0, 0.1) is 23.2 Å². The lowest BCUT2D eigenvalue weighted by Crippen LogP contribution is -2.49. The van der Waals surface area contributed by atoms with Crippen LogP contribution < -0.4 is 10.6 Å². The zero-order chi connectivity index (χ0) is 19.8. The lowest BCUT2D eigenvalue weighted by molar-refractivity contribution is -0.131. The van der Waals surface area contributed by atoms with Crippen LogP contribution >= 0.6 is 0 Å². The molecule has 1 heterocycles. The van der Waals surface area contributed by atoms with Gasteiger partial charge in [0.2, 0.25) is 5.91 Å². The molecule has 0 aromatic heterocycles. The summed E-state index contributed by atoms with van der Waals surface area (Å²) in [7, 11) is 1.70. The number of benzene rings is 1. The summed E-state index contributed by atoms with van der Waals surface area (Å²) >= 11 is 0. The molecule has 1 aliphatic heterocycles. The molecule has 6 heteroatoms. The molecular weight excluding hydrogens is 350 g/mol. The lowest BCUT2D eigenvalue weighted by Gasteiger charge is -2.32. The molecule has 2 N–H and O–H groups in total. The quantitative estimate of drug-likeness (QED) is 0.606. The molecule has 150 valence electrons. The van der Waals surface area contributed by atoms with Gasteiger partial charge in [-0.3, -0.25) is 9.79 Å². The number of nitrogens with one attached hydrogen (secondary N) is 2. The van der Waals surface area contributed by atoms with Gasteiger partial charge in [-0.15, -0.1) is 0 Å². The number of piperidine rings is 1. The molecule has 1 aliphatic carbocycles. The molecule has 0 radical (unpaired) electrons. The van der Waals surface area contributed by atoms with Crippen molar-refractivity contribution in [3.05, 3.63) is 35.9 Å². The van der Waals surface area contributed by atoms with E-state index in [9.17, 15) is 10.1 Å². The van der Waals surface area contributed by atoms with Crippen molar-refractivity contribution in [1.29, 1.82) is 5.26 Å². The highest BCUT2D eigenvalue weighted by Crippen LogP contribution is 2.24. The molecule has 1 saturated heterocycles. The van der Waals surface area contributed by atoms with Crippen LogP contribution in [0.25, 0.3) is 0 Å². The van der Waals surface area contributed by atoms with Crippen LogP contribution in [0.2, 0.25) is 0 Å². The Morgan fingerprint density at radius 2 is 1.96 bits per heavy atom. The van der Waals surface area contributed by atoms with Gasteiger partial charge in [0.15, 0.2) is 5.96 Å². The second-order valence-corrected chi connectivity index (χ2v) is 7.86. The number of rotatable bonds is 5. The van der Waals surface area contributed by atoms with Gasteiger partial charge >= 0.3 is 0 Å². The molecular formula is C22H31N5O. The van der Waals surface area contributed by atoms with E-state index in [1.54, 1.807) is 7.05 Å². The third-order valence-corrected chi connectivity index (χ3v) is 5.97. The Morgan fingerprint density at radius 1 is 1.21 bits per heavy atom. The first-order valence-electron chi connectivity index (χ1n) is 10.4. The largest absolute Gasteiger partial charge is 0.352 e. The molecule has 0 bridgehead atoms. The summed E-state index contributed by atoms with van der Waals surface area (Å²) in [5, 5.41) is 15.6. The standard InChI is InChI=1S/C22H31N5O/c1-24-22(26-20-9-5-8-19(20)15-23)25-16-21(28)27-12-10-18(11-13-27)14-17-6-3-2-4-7-17/h2-4,6-7,18-20H,5,8-14,16H2,1H3,(H2,24,25,26). The maximum Gasteiger partial charge on any atom is 0.241 e. The van der Waals surface area contributed by atoms with Gasteiger partial charge in [-0.05, 0) is 50.0 Å². The van der Waals surface area contributed by atoms with Crippen molar-refractivity contribution in [3.63, 3.8) is 0 Å².